The number of aryl methyl sites for hydroxylation is 1. The third-order valence-corrected chi connectivity index (χ3v) is 5.76. The number of nitrogens with zero attached hydrogens (tertiary/aromatic N) is 1. The molecule has 0 unspecified atom stereocenters. The van der Waals surface area contributed by atoms with Gasteiger partial charge in [-0.1, -0.05) is 17.7 Å². The highest BCUT2D eigenvalue weighted by Crippen LogP contribution is 2.32. The Hall–Kier alpha value is -3.59. The van der Waals surface area contributed by atoms with Crippen LogP contribution in [0.3, 0.4) is 0 Å². The number of amides is 1. The molecule has 2 aromatic carbocycles. The van der Waals surface area contributed by atoms with Gasteiger partial charge in [-0.25, -0.2) is 8.42 Å². The van der Waals surface area contributed by atoms with Crippen LogP contribution in [0.5, 0.6) is 11.5 Å². The van der Waals surface area contributed by atoms with Gasteiger partial charge in [-0.2, -0.15) is 0 Å². The first kappa shape index (κ1) is 19.7. The molecular weight excluding hydrogens is 406 g/mol. The molecule has 154 valence electrons. The minimum absolute atomic E-state index is 0.0151. The summed E-state index contributed by atoms with van der Waals surface area (Å²) in [5.74, 6) is 0.469. The summed E-state index contributed by atoms with van der Waals surface area (Å²) in [6.45, 7) is 2.72. The number of nitrogens with one attached hydrogen (secondary N) is 2. The molecule has 0 atom stereocenters. The number of hydrogen-bond donors (Lipinski definition) is 2. The molecule has 0 fully saturated rings. The summed E-state index contributed by atoms with van der Waals surface area (Å²) in [6.07, 6.45) is 2.70. The van der Waals surface area contributed by atoms with Crippen molar-refractivity contribution in [3.63, 3.8) is 0 Å². The summed E-state index contributed by atoms with van der Waals surface area (Å²) < 4.78 is 38.8. The largest absolute Gasteiger partial charge is 0.486 e. The van der Waals surface area contributed by atoms with Crippen LogP contribution in [0.2, 0.25) is 0 Å². The average molecular weight is 425 g/mol. The van der Waals surface area contributed by atoms with Gasteiger partial charge in [0.25, 0.3) is 15.9 Å². The van der Waals surface area contributed by atoms with Gasteiger partial charge in [-0.05, 0) is 37.3 Å². The van der Waals surface area contributed by atoms with E-state index in [2.05, 4.69) is 15.0 Å². The smallest absolute Gasteiger partial charge is 0.262 e. The Morgan fingerprint density at radius 3 is 2.43 bits per heavy atom. The molecule has 1 aliphatic rings. The molecule has 1 aliphatic heterocycles. The Balaban J connectivity index is 1.52. The van der Waals surface area contributed by atoms with Gasteiger partial charge >= 0.3 is 0 Å². The van der Waals surface area contributed by atoms with Gasteiger partial charge in [-0.15, -0.1) is 0 Å². The van der Waals surface area contributed by atoms with E-state index in [-0.39, 0.29) is 16.1 Å². The van der Waals surface area contributed by atoms with Gasteiger partial charge in [0, 0.05) is 18.0 Å². The first-order chi connectivity index (χ1) is 14.4. The van der Waals surface area contributed by atoms with Crippen LogP contribution in [-0.2, 0) is 10.0 Å². The molecule has 0 radical (unpaired) electrons. The monoisotopic (exact) mass is 425 g/mol. The predicted molar refractivity (Wildman–Crippen MR) is 112 cm³/mol. The van der Waals surface area contributed by atoms with Crippen molar-refractivity contribution >= 4 is 27.3 Å². The summed E-state index contributed by atoms with van der Waals surface area (Å²) in [7, 11) is -3.91. The van der Waals surface area contributed by atoms with Crippen LogP contribution in [0.1, 0.15) is 15.9 Å². The normalized spacial score (nSPS) is 12.8. The van der Waals surface area contributed by atoms with Crippen LogP contribution in [-0.4, -0.2) is 32.5 Å². The standard InChI is InChI=1S/C21H19N3O5S/c1-14-2-4-16(5-3-14)23-21(25)15-10-17(13-22-12-15)24-30(26,27)18-6-7-19-20(11-18)29-9-8-28-19/h2-7,10-13,24H,8-9H2,1H3,(H,23,25). The first-order valence-corrected chi connectivity index (χ1v) is 10.6. The van der Waals surface area contributed by atoms with Crippen LogP contribution >= 0.6 is 0 Å². The number of benzene rings is 2. The molecule has 0 bridgehead atoms. The zero-order valence-corrected chi connectivity index (χ0v) is 16.9. The van der Waals surface area contributed by atoms with Gasteiger partial charge in [0.2, 0.25) is 0 Å². The lowest BCUT2D eigenvalue weighted by Gasteiger charge is -2.19. The number of hydrogen-bond acceptors (Lipinski definition) is 6. The second-order valence-electron chi connectivity index (χ2n) is 6.69. The zero-order valence-electron chi connectivity index (χ0n) is 16.1. The molecular formula is C21H19N3O5S. The number of fused-ring (bicyclic) bond motifs is 1. The lowest BCUT2D eigenvalue weighted by Crippen LogP contribution is -2.18. The fourth-order valence-electron chi connectivity index (χ4n) is 2.86. The van der Waals surface area contributed by atoms with Gasteiger partial charge in [-0.3, -0.25) is 14.5 Å². The molecule has 1 aromatic heterocycles. The minimum atomic E-state index is -3.91. The third kappa shape index (κ3) is 4.36. The number of carbonyl (C=O) groups excluding carboxylic acids is 1. The Morgan fingerprint density at radius 2 is 1.67 bits per heavy atom. The first-order valence-electron chi connectivity index (χ1n) is 9.16. The Morgan fingerprint density at radius 1 is 0.933 bits per heavy atom. The fourth-order valence-corrected chi connectivity index (χ4v) is 3.91. The molecule has 0 spiro atoms. The third-order valence-electron chi connectivity index (χ3n) is 4.39. The lowest BCUT2D eigenvalue weighted by atomic mass is 10.2. The van der Waals surface area contributed by atoms with E-state index in [1.54, 1.807) is 18.2 Å². The van der Waals surface area contributed by atoms with Crippen molar-refractivity contribution in [2.24, 2.45) is 0 Å². The lowest BCUT2D eigenvalue weighted by molar-refractivity contribution is 0.102. The number of carbonyl (C=O) groups is 1. The highest BCUT2D eigenvalue weighted by atomic mass is 32.2. The predicted octanol–water partition coefficient (Wildman–Crippen LogP) is 3.21. The number of aromatic nitrogens is 1. The summed E-state index contributed by atoms with van der Waals surface area (Å²) in [4.78, 5) is 16.5. The highest BCUT2D eigenvalue weighted by molar-refractivity contribution is 7.92. The van der Waals surface area contributed by atoms with Gasteiger partial charge in [0.1, 0.15) is 13.2 Å². The number of sulfonamides is 1. The van der Waals surface area contributed by atoms with Crippen molar-refractivity contribution in [1.29, 1.82) is 0 Å². The van der Waals surface area contributed by atoms with Crippen LogP contribution in [0.15, 0.2) is 65.8 Å². The van der Waals surface area contributed by atoms with E-state index in [1.165, 1.54) is 30.6 Å². The van der Waals surface area contributed by atoms with E-state index in [9.17, 15) is 13.2 Å². The number of rotatable bonds is 5. The highest BCUT2D eigenvalue weighted by Gasteiger charge is 2.20. The minimum Gasteiger partial charge on any atom is -0.486 e. The summed E-state index contributed by atoms with van der Waals surface area (Å²) in [5, 5.41) is 2.75. The van der Waals surface area contributed by atoms with E-state index in [1.807, 2.05) is 19.1 Å². The maximum absolute atomic E-state index is 12.8. The summed E-state index contributed by atoms with van der Waals surface area (Å²) in [6, 6.07) is 13.1. The van der Waals surface area contributed by atoms with Crippen LogP contribution in [0.4, 0.5) is 11.4 Å². The Kier molecular flexibility index (Phi) is 5.28. The number of pyridine rings is 1. The van der Waals surface area contributed by atoms with Crippen molar-refractivity contribution in [1.82, 2.24) is 4.98 Å². The van der Waals surface area contributed by atoms with Gasteiger partial charge < -0.3 is 14.8 Å². The molecule has 0 saturated carbocycles. The number of ether oxygens (including phenoxy) is 2. The Bertz CT molecular complexity index is 1190. The molecule has 2 heterocycles. The van der Waals surface area contributed by atoms with Gasteiger partial charge in [0.15, 0.2) is 11.5 Å². The van der Waals surface area contributed by atoms with Crippen molar-refractivity contribution in [2.75, 3.05) is 23.3 Å². The second kappa shape index (κ2) is 8.03. The van der Waals surface area contributed by atoms with E-state index < -0.39 is 15.9 Å². The molecule has 1 amide bonds. The van der Waals surface area contributed by atoms with Crippen LogP contribution in [0.25, 0.3) is 0 Å². The average Bonchev–Trinajstić information content (AvgIpc) is 2.75. The van der Waals surface area contributed by atoms with E-state index in [0.29, 0.717) is 30.4 Å². The fraction of sp³-hybridized carbons (Fsp3) is 0.143. The van der Waals surface area contributed by atoms with Crippen molar-refractivity contribution in [3.8, 4) is 11.5 Å². The SMILES string of the molecule is Cc1ccc(NC(=O)c2cncc(NS(=O)(=O)c3ccc4c(c3)OCCO4)c2)cc1. The van der Waals surface area contributed by atoms with Gasteiger partial charge in [0.05, 0.1) is 22.3 Å². The second-order valence-corrected chi connectivity index (χ2v) is 8.38. The molecule has 0 aliphatic carbocycles. The zero-order chi connectivity index (χ0) is 21.1. The molecule has 3 aromatic rings. The Labute approximate surface area is 173 Å². The number of anilines is 2. The van der Waals surface area contributed by atoms with E-state index in [4.69, 9.17) is 9.47 Å². The van der Waals surface area contributed by atoms with E-state index in [0.717, 1.165) is 5.56 Å². The molecule has 9 heteroatoms. The van der Waals surface area contributed by atoms with Crippen molar-refractivity contribution in [2.45, 2.75) is 11.8 Å². The quantitative estimate of drug-likeness (QED) is 0.650. The molecule has 8 nitrogen and oxygen atoms in total. The maximum Gasteiger partial charge on any atom is 0.262 e. The van der Waals surface area contributed by atoms with Crippen molar-refractivity contribution in [3.05, 3.63) is 72.1 Å². The van der Waals surface area contributed by atoms with E-state index >= 15 is 0 Å². The van der Waals surface area contributed by atoms with Crippen LogP contribution < -0.4 is 19.5 Å². The molecule has 4 rings (SSSR count). The molecule has 2 N–H and O–H groups in total. The maximum atomic E-state index is 12.8. The summed E-state index contributed by atoms with van der Waals surface area (Å²) >= 11 is 0. The van der Waals surface area contributed by atoms with Crippen molar-refractivity contribution < 1.29 is 22.7 Å². The topological polar surface area (TPSA) is 107 Å². The molecule has 0 saturated heterocycles. The van der Waals surface area contributed by atoms with Crippen LogP contribution in [0, 0.1) is 6.92 Å². The molecule has 30 heavy (non-hydrogen) atoms. The summed E-state index contributed by atoms with van der Waals surface area (Å²) in [5.41, 5.74) is 2.09.